The fourth-order valence-electron chi connectivity index (χ4n) is 2.13. The first-order valence-electron chi connectivity index (χ1n) is 6.22. The summed E-state index contributed by atoms with van der Waals surface area (Å²) in [5, 5.41) is 3.57. The molecule has 0 aromatic rings. The van der Waals surface area contributed by atoms with Crippen LogP contribution in [0.3, 0.4) is 0 Å². The van der Waals surface area contributed by atoms with E-state index in [1.54, 1.807) is 7.11 Å². The Bertz CT molecular complexity index is 153. The third-order valence-electron chi connectivity index (χ3n) is 2.93. The van der Waals surface area contributed by atoms with Crippen molar-refractivity contribution in [2.24, 2.45) is 0 Å². The van der Waals surface area contributed by atoms with Crippen LogP contribution in [0.2, 0.25) is 0 Å². The zero-order valence-corrected chi connectivity index (χ0v) is 10.1. The minimum Gasteiger partial charge on any atom is -0.385 e. The van der Waals surface area contributed by atoms with E-state index in [9.17, 15) is 0 Å². The number of rotatable bonds is 8. The van der Waals surface area contributed by atoms with Gasteiger partial charge in [-0.05, 0) is 38.6 Å². The predicted octanol–water partition coefficient (Wildman–Crippen LogP) is 1.96. The lowest BCUT2D eigenvalue weighted by Gasteiger charge is -2.21. The SMILES string of the molecule is CCCNC1CCCC1OCCCOC. The Balaban J connectivity index is 2.09. The minimum absolute atomic E-state index is 0.438. The topological polar surface area (TPSA) is 30.5 Å². The second-order valence-electron chi connectivity index (χ2n) is 4.25. The van der Waals surface area contributed by atoms with Crippen LogP contribution in [-0.4, -0.2) is 39.0 Å². The molecule has 90 valence electrons. The molecule has 3 heteroatoms. The van der Waals surface area contributed by atoms with Crippen LogP contribution in [0.15, 0.2) is 0 Å². The molecule has 0 saturated heterocycles. The molecule has 0 aliphatic heterocycles. The lowest BCUT2D eigenvalue weighted by molar-refractivity contribution is 0.0283. The van der Waals surface area contributed by atoms with Gasteiger partial charge in [-0.2, -0.15) is 0 Å². The highest BCUT2D eigenvalue weighted by Crippen LogP contribution is 2.22. The van der Waals surface area contributed by atoms with Gasteiger partial charge < -0.3 is 14.8 Å². The van der Waals surface area contributed by atoms with E-state index in [0.717, 1.165) is 26.2 Å². The van der Waals surface area contributed by atoms with Crippen molar-refractivity contribution in [2.75, 3.05) is 26.9 Å². The molecule has 0 spiro atoms. The standard InChI is InChI=1S/C12H25NO2/c1-3-8-13-11-6-4-7-12(11)15-10-5-9-14-2/h11-13H,3-10H2,1-2H3. The summed E-state index contributed by atoms with van der Waals surface area (Å²) >= 11 is 0. The summed E-state index contributed by atoms with van der Waals surface area (Å²) < 4.78 is 10.9. The fraction of sp³-hybridized carbons (Fsp3) is 1.00. The van der Waals surface area contributed by atoms with Gasteiger partial charge in [-0.1, -0.05) is 6.92 Å². The third-order valence-corrected chi connectivity index (χ3v) is 2.93. The zero-order valence-electron chi connectivity index (χ0n) is 10.1. The smallest absolute Gasteiger partial charge is 0.0728 e. The van der Waals surface area contributed by atoms with E-state index in [2.05, 4.69) is 12.2 Å². The van der Waals surface area contributed by atoms with Crippen LogP contribution in [0, 0.1) is 0 Å². The summed E-state index contributed by atoms with van der Waals surface area (Å²) in [6.45, 7) is 4.96. The molecule has 1 saturated carbocycles. The molecule has 1 rings (SSSR count). The average Bonchev–Trinajstić information content (AvgIpc) is 2.69. The molecule has 3 nitrogen and oxygen atoms in total. The number of hydrogen-bond acceptors (Lipinski definition) is 3. The molecule has 0 aromatic carbocycles. The molecule has 1 N–H and O–H groups in total. The maximum Gasteiger partial charge on any atom is 0.0728 e. The highest BCUT2D eigenvalue weighted by molar-refractivity contribution is 4.83. The van der Waals surface area contributed by atoms with Crippen molar-refractivity contribution in [3.05, 3.63) is 0 Å². The molecule has 0 bridgehead atoms. The van der Waals surface area contributed by atoms with Gasteiger partial charge in [0.25, 0.3) is 0 Å². The van der Waals surface area contributed by atoms with E-state index in [1.165, 1.54) is 25.7 Å². The largest absolute Gasteiger partial charge is 0.385 e. The molecule has 0 aromatic heterocycles. The van der Waals surface area contributed by atoms with Gasteiger partial charge in [-0.3, -0.25) is 0 Å². The van der Waals surface area contributed by atoms with Gasteiger partial charge in [-0.15, -0.1) is 0 Å². The van der Waals surface area contributed by atoms with Gasteiger partial charge in [-0.25, -0.2) is 0 Å². The van der Waals surface area contributed by atoms with Crippen LogP contribution in [0.4, 0.5) is 0 Å². The Morgan fingerprint density at radius 3 is 2.87 bits per heavy atom. The van der Waals surface area contributed by atoms with E-state index < -0.39 is 0 Å². The van der Waals surface area contributed by atoms with Gasteiger partial charge in [0.2, 0.25) is 0 Å². The predicted molar refractivity (Wildman–Crippen MR) is 62.2 cm³/mol. The van der Waals surface area contributed by atoms with Crippen molar-refractivity contribution in [3.63, 3.8) is 0 Å². The molecule has 0 radical (unpaired) electrons. The second kappa shape index (κ2) is 8.08. The Hall–Kier alpha value is -0.120. The summed E-state index contributed by atoms with van der Waals surface area (Å²) in [4.78, 5) is 0. The van der Waals surface area contributed by atoms with Crippen molar-refractivity contribution in [2.45, 2.75) is 51.2 Å². The van der Waals surface area contributed by atoms with Crippen LogP contribution >= 0.6 is 0 Å². The number of hydrogen-bond donors (Lipinski definition) is 1. The van der Waals surface area contributed by atoms with E-state index in [4.69, 9.17) is 9.47 Å². The lowest BCUT2D eigenvalue weighted by Crippen LogP contribution is -2.37. The average molecular weight is 215 g/mol. The van der Waals surface area contributed by atoms with Crippen molar-refractivity contribution < 1.29 is 9.47 Å². The van der Waals surface area contributed by atoms with Crippen LogP contribution in [-0.2, 0) is 9.47 Å². The van der Waals surface area contributed by atoms with Gasteiger partial charge in [0.15, 0.2) is 0 Å². The monoisotopic (exact) mass is 215 g/mol. The summed E-state index contributed by atoms with van der Waals surface area (Å²) in [5.41, 5.74) is 0. The Labute approximate surface area is 93.5 Å². The number of nitrogens with one attached hydrogen (secondary N) is 1. The van der Waals surface area contributed by atoms with Crippen molar-refractivity contribution in [3.8, 4) is 0 Å². The first-order chi connectivity index (χ1) is 7.38. The highest BCUT2D eigenvalue weighted by Gasteiger charge is 2.26. The molecular formula is C12H25NO2. The molecule has 2 atom stereocenters. The second-order valence-corrected chi connectivity index (χ2v) is 4.25. The molecule has 0 heterocycles. The molecule has 15 heavy (non-hydrogen) atoms. The quantitative estimate of drug-likeness (QED) is 0.628. The molecule has 1 fully saturated rings. The van der Waals surface area contributed by atoms with E-state index in [1.807, 2.05) is 0 Å². The maximum atomic E-state index is 5.87. The minimum atomic E-state index is 0.438. The fourth-order valence-corrected chi connectivity index (χ4v) is 2.13. The van der Waals surface area contributed by atoms with E-state index in [0.29, 0.717) is 12.1 Å². The Morgan fingerprint density at radius 2 is 2.13 bits per heavy atom. The summed E-state index contributed by atoms with van der Waals surface area (Å²) in [6, 6.07) is 0.590. The van der Waals surface area contributed by atoms with Crippen LogP contribution in [0.5, 0.6) is 0 Å². The molecule has 2 unspecified atom stereocenters. The van der Waals surface area contributed by atoms with Crippen LogP contribution < -0.4 is 5.32 Å². The van der Waals surface area contributed by atoms with Gasteiger partial charge in [0, 0.05) is 26.4 Å². The summed E-state index contributed by atoms with van der Waals surface area (Å²) in [6.07, 6.45) is 6.44. The van der Waals surface area contributed by atoms with E-state index >= 15 is 0 Å². The Kier molecular flexibility index (Phi) is 6.98. The van der Waals surface area contributed by atoms with Crippen LogP contribution in [0.1, 0.15) is 39.0 Å². The van der Waals surface area contributed by atoms with Crippen molar-refractivity contribution >= 4 is 0 Å². The van der Waals surface area contributed by atoms with Gasteiger partial charge in [0.05, 0.1) is 6.10 Å². The van der Waals surface area contributed by atoms with Crippen molar-refractivity contribution in [1.82, 2.24) is 5.32 Å². The van der Waals surface area contributed by atoms with Gasteiger partial charge in [0.1, 0.15) is 0 Å². The summed E-state index contributed by atoms with van der Waals surface area (Å²) in [5.74, 6) is 0. The first kappa shape index (κ1) is 12.9. The molecule has 1 aliphatic rings. The lowest BCUT2D eigenvalue weighted by atomic mass is 10.2. The molecular weight excluding hydrogens is 190 g/mol. The molecule has 1 aliphatic carbocycles. The maximum absolute atomic E-state index is 5.87. The highest BCUT2D eigenvalue weighted by atomic mass is 16.5. The zero-order chi connectivity index (χ0) is 10.9. The van der Waals surface area contributed by atoms with Crippen LogP contribution in [0.25, 0.3) is 0 Å². The first-order valence-corrected chi connectivity index (χ1v) is 6.22. The normalized spacial score (nSPS) is 26.0. The Morgan fingerprint density at radius 1 is 1.27 bits per heavy atom. The summed E-state index contributed by atoms with van der Waals surface area (Å²) in [7, 11) is 1.74. The number of ether oxygens (including phenoxy) is 2. The van der Waals surface area contributed by atoms with Gasteiger partial charge >= 0.3 is 0 Å². The third kappa shape index (κ3) is 4.96. The number of methoxy groups -OCH3 is 1. The van der Waals surface area contributed by atoms with E-state index in [-0.39, 0.29) is 0 Å². The van der Waals surface area contributed by atoms with Crippen molar-refractivity contribution in [1.29, 1.82) is 0 Å². The molecule has 0 amide bonds.